The maximum atomic E-state index is 14.9. The minimum atomic E-state index is -1.15. The first kappa shape index (κ1) is 20.5. The van der Waals surface area contributed by atoms with Gasteiger partial charge in [-0.1, -0.05) is 30.1 Å². The number of hydrogen-bond donors (Lipinski definition) is 1. The number of halogens is 1. The molecule has 0 atom stereocenters. The minimum absolute atomic E-state index is 0.159. The number of carbonyl (C=O) groups excluding carboxylic acids is 1. The lowest BCUT2D eigenvalue weighted by molar-refractivity contribution is -0.140. The van der Waals surface area contributed by atoms with Gasteiger partial charge in [-0.3, -0.25) is 14.5 Å². The van der Waals surface area contributed by atoms with Gasteiger partial charge in [0.2, 0.25) is 0 Å². The van der Waals surface area contributed by atoms with E-state index in [4.69, 9.17) is 17.3 Å². The smallest absolute Gasteiger partial charge is 0.323 e. The number of carboxylic acids is 1. The zero-order valence-electron chi connectivity index (χ0n) is 16.1. The molecular formula is C20H21FN2O3S2. The highest BCUT2D eigenvalue weighted by Gasteiger charge is 2.34. The second-order valence-corrected chi connectivity index (χ2v) is 8.95. The van der Waals surface area contributed by atoms with Gasteiger partial charge in [0.15, 0.2) is 0 Å². The average Bonchev–Trinajstić information content (AvgIpc) is 2.83. The summed E-state index contributed by atoms with van der Waals surface area (Å²) in [5.41, 5.74) is 2.82. The molecule has 8 heteroatoms. The highest BCUT2D eigenvalue weighted by Crippen LogP contribution is 2.41. The number of aliphatic carboxylic acids is 1. The Morgan fingerprint density at radius 3 is 2.68 bits per heavy atom. The molecule has 5 nitrogen and oxygen atoms in total. The summed E-state index contributed by atoms with van der Waals surface area (Å²) in [6, 6.07) is 3.24. The van der Waals surface area contributed by atoms with Crippen LogP contribution in [0.4, 0.5) is 10.1 Å². The first-order valence-corrected chi connectivity index (χ1v) is 10.1. The predicted molar refractivity (Wildman–Crippen MR) is 115 cm³/mol. The molecule has 148 valence electrons. The number of fused-ring (bicyclic) bond motifs is 1. The Morgan fingerprint density at radius 1 is 1.39 bits per heavy atom. The van der Waals surface area contributed by atoms with Gasteiger partial charge < -0.3 is 10.0 Å². The van der Waals surface area contributed by atoms with Gasteiger partial charge in [0.05, 0.1) is 10.4 Å². The van der Waals surface area contributed by atoms with Crippen LogP contribution in [0.2, 0.25) is 0 Å². The third-order valence-electron chi connectivity index (χ3n) is 4.87. The molecule has 2 aliphatic rings. The maximum Gasteiger partial charge on any atom is 0.323 e. The van der Waals surface area contributed by atoms with Crippen molar-refractivity contribution in [2.45, 2.75) is 33.2 Å². The van der Waals surface area contributed by atoms with Crippen LogP contribution in [-0.4, -0.2) is 44.8 Å². The third-order valence-corrected chi connectivity index (χ3v) is 6.24. The van der Waals surface area contributed by atoms with Crippen molar-refractivity contribution in [3.8, 4) is 0 Å². The van der Waals surface area contributed by atoms with E-state index in [0.717, 1.165) is 40.0 Å². The van der Waals surface area contributed by atoms with Crippen molar-refractivity contribution in [2.24, 2.45) is 0 Å². The molecule has 2 aliphatic heterocycles. The van der Waals surface area contributed by atoms with E-state index in [1.807, 2.05) is 13.8 Å². The van der Waals surface area contributed by atoms with Crippen LogP contribution < -0.4 is 4.90 Å². The van der Waals surface area contributed by atoms with Crippen LogP contribution in [0.25, 0.3) is 11.6 Å². The third kappa shape index (κ3) is 3.58. The number of thiocarbonyl (C=S) groups is 1. The molecule has 0 aromatic heterocycles. The number of nitrogens with zero attached hydrogens (tertiary/aromatic N) is 2. The van der Waals surface area contributed by atoms with Gasteiger partial charge in [0, 0.05) is 23.4 Å². The zero-order chi connectivity index (χ0) is 20.8. The highest BCUT2D eigenvalue weighted by atomic mass is 32.2. The number of allylic oxidation sites excluding steroid dienone is 1. The lowest BCUT2D eigenvalue weighted by Crippen LogP contribution is -2.45. The van der Waals surface area contributed by atoms with Crippen molar-refractivity contribution in [1.29, 1.82) is 0 Å². The van der Waals surface area contributed by atoms with E-state index in [1.165, 1.54) is 12.1 Å². The number of benzene rings is 1. The molecule has 0 unspecified atom stereocenters. The topological polar surface area (TPSA) is 60.9 Å². The molecule has 0 spiro atoms. The quantitative estimate of drug-likeness (QED) is 0.584. The van der Waals surface area contributed by atoms with Gasteiger partial charge in [-0.2, -0.15) is 0 Å². The number of carboxylic acid groups (broad SMARTS) is 1. The first-order chi connectivity index (χ1) is 13.0. The zero-order valence-corrected chi connectivity index (χ0v) is 17.7. The van der Waals surface area contributed by atoms with Gasteiger partial charge in [-0.25, -0.2) is 4.39 Å². The van der Waals surface area contributed by atoms with E-state index in [0.29, 0.717) is 0 Å². The van der Waals surface area contributed by atoms with E-state index < -0.39 is 24.2 Å². The average molecular weight is 421 g/mol. The van der Waals surface area contributed by atoms with Crippen molar-refractivity contribution < 1.29 is 19.1 Å². The minimum Gasteiger partial charge on any atom is -0.480 e. The van der Waals surface area contributed by atoms with E-state index in [1.54, 1.807) is 6.07 Å². The fraction of sp³-hybridized carbons (Fsp3) is 0.350. The van der Waals surface area contributed by atoms with Gasteiger partial charge in [0.25, 0.3) is 5.91 Å². The molecule has 3 rings (SSSR count). The molecule has 28 heavy (non-hydrogen) atoms. The highest BCUT2D eigenvalue weighted by molar-refractivity contribution is 8.26. The van der Waals surface area contributed by atoms with Gasteiger partial charge in [0.1, 0.15) is 16.7 Å². The Kier molecular flexibility index (Phi) is 5.38. The molecule has 1 fully saturated rings. The summed E-state index contributed by atoms with van der Waals surface area (Å²) < 4.78 is 15.1. The summed E-state index contributed by atoms with van der Waals surface area (Å²) in [4.78, 5) is 26.7. The molecule has 0 bridgehead atoms. The van der Waals surface area contributed by atoms with Crippen molar-refractivity contribution in [3.63, 3.8) is 0 Å². The molecule has 0 aliphatic carbocycles. The standard InChI is InChI=1S/C20H21FN2O3S2/c1-5-23-15-8-14(21)12(6-13(15)11(2)9-20(23,3)4)7-16-18(26)22(10-17(24)25)19(27)28-16/h6-9H,5,10H2,1-4H3,(H,24,25)/b16-7-. The molecule has 1 aromatic rings. The molecule has 1 aromatic carbocycles. The van der Waals surface area contributed by atoms with Crippen molar-refractivity contribution in [2.75, 3.05) is 18.0 Å². The first-order valence-electron chi connectivity index (χ1n) is 8.83. The van der Waals surface area contributed by atoms with Gasteiger partial charge in [-0.05, 0) is 51.5 Å². The summed E-state index contributed by atoms with van der Waals surface area (Å²) in [6.07, 6.45) is 3.59. The van der Waals surface area contributed by atoms with E-state index in [9.17, 15) is 14.0 Å². The molecule has 0 radical (unpaired) electrons. The number of amides is 1. The largest absolute Gasteiger partial charge is 0.480 e. The number of anilines is 1. The van der Waals surface area contributed by atoms with Crippen LogP contribution >= 0.6 is 24.0 Å². The van der Waals surface area contributed by atoms with Crippen molar-refractivity contribution in [1.82, 2.24) is 4.90 Å². The number of thioether (sulfide) groups is 1. The second-order valence-electron chi connectivity index (χ2n) is 7.28. The van der Waals surface area contributed by atoms with Crippen LogP contribution in [0, 0.1) is 5.82 Å². The summed E-state index contributed by atoms with van der Waals surface area (Å²) in [5.74, 6) is -2.11. The van der Waals surface area contributed by atoms with Crippen molar-refractivity contribution in [3.05, 3.63) is 40.1 Å². The van der Waals surface area contributed by atoms with Crippen LogP contribution in [0.1, 0.15) is 38.8 Å². The molecular weight excluding hydrogens is 399 g/mol. The summed E-state index contributed by atoms with van der Waals surface area (Å²) >= 11 is 6.07. The Hall–Kier alpha value is -2.19. The van der Waals surface area contributed by atoms with E-state index in [2.05, 4.69) is 24.8 Å². The Bertz CT molecular complexity index is 953. The predicted octanol–water partition coefficient (Wildman–Crippen LogP) is 4.13. The maximum absolute atomic E-state index is 14.9. The number of carbonyl (C=O) groups is 2. The van der Waals surface area contributed by atoms with Crippen LogP contribution in [0.15, 0.2) is 23.1 Å². The fourth-order valence-corrected chi connectivity index (χ4v) is 4.96. The Labute approximate surface area is 172 Å². The lowest BCUT2D eigenvalue weighted by Gasteiger charge is -2.42. The van der Waals surface area contributed by atoms with E-state index >= 15 is 0 Å². The number of rotatable bonds is 4. The normalized spacial score (nSPS) is 19.9. The molecule has 1 amide bonds. The van der Waals surface area contributed by atoms with Crippen LogP contribution in [0.3, 0.4) is 0 Å². The van der Waals surface area contributed by atoms with Crippen LogP contribution in [-0.2, 0) is 9.59 Å². The molecule has 1 N–H and O–H groups in total. The monoisotopic (exact) mass is 420 g/mol. The van der Waals surface area contributed by atoms with Gasteiger partial charge >= 0.3 is 5.97 Å². The van der Waals surface area contributed by atoms with Gasteiger partial charge in [-0.15, -0.1) is 0 Å². The number of hydrogen-bond acceptors (Lipinski definition) is 5. The Balaban J connectivity index is 2.03. The second kappa shape index (κ2) is 7.33. The number of likely N-dealkylation sites (N-methyl/N-ethyl adjacent to an activating group) is 1. The summed E-state index contributed by atoms with van der Waals surface area (Å²) in [7, 11) is 0. The van der Waals surface area contributed by atoms with Crippen LogP contribution in [0.5, 0.6) is 0 Å². The SMILES string of the molecule is CCN1c2cc(F)c(/C=C3\SC(=S)N(CC(=O)O)C3=O)cc2C(C)=CC1(C)C. The Morgan fingerprint density at radius 2 is 2.07 bits per heavy atom. The summed E-state index contributed by atoms with van der Waals surface area (Å²) in [6.45, 7) is 8.42. The lowest BCUT2D eigenvalue weighted by atomic mass is 9.88. The summed E-state index contributed by atoms with van der Waals surface area (Å²) in [5, 5.41) is 8.93. The molecule has 0 saturated carbocycles. The molecule has 2 heterocycles. The van der Waals surface area contributed by atoms with E-state index in [-0.39, 0.29) is 20.3 Å². The van der Waals surface area contributed by atoms with Crippen molar-refractivity contribution >= 4 is 57.5 Å². The fourth-order valence-electron chi connectivity index (χ4n) is 3.72. The molecule has 1 saturated heterocycles.